The lowest BCUT2D eigenvalue weighted by atomic mass is 9.96. The number of carbonyl (C=O) groups is 1. The number of hydrogen-bond donors (Lipinski definition) is 3. The van der Waals surface area contributed by atoms with E-state index in [0.29, 0.717) is 19.4 Å². The Balaban J connectivity index is 4.08. The van der Waals surface area contributed by atoms with Gasteiger partial charge in [0.05, 0.1) is 6.61 Å². The smallest absolute Gasteiger partial charge is 0.326 e. The standard InChI is InChI=1S/C7H16N2O3/c1-12-5-7(9,6(10)11)3-2-4-8/h2-5,8-9H2,1H3,(H,10,11)/t7-/m1/s1. The van der Waals surface area contributed by atoms with E-state index in [9.17, 15) is 4.79 Å². The number of carboxylic acids is 1. The summed E-state index contributed by atoms with van der Waals surface area (Å²) < 4.78 is 4.72. The number of methoxy groups -OCH3 is 1. The molecule has 72 valence electrons. The molecule has 0 aromatic carbocycles. The van der Waals surface area contributed by atoms with Crippen molar-refractivity contribution in [3.63, 3.8) is 0 Å². The van der Waals surface area contributed by atoms with Crippen LogP contribution in [-0.2, 0) is 9.53 Å². The van der Waals surface area contributed by atoms with Crippen molar-refractivity contribution in [1.82, 2.24) is 0 Å². The van der Waals surface area contributed by atoms with Crippen LogP contribution in [0.3, 0.4) is 0 Å². The Labute approximate surface area is 71.7 Å². The van der Waals surface area contributed by atoms with Crippen molar-refractivity contribution in [3.05, 3.63) is 0 Å². The van der Waals surface area contributed by atoms with Crippen LogP contribution in [0.2, 0.25) is 0 Å². The van der Waals surface area contributed by atoms with Gasteiger partial charge in [0.2, 0.25) is 0 Å². The summed E-state index contributed by atoms with van der Waals surface area (Å²) in [6.45, 7) is 0.457. The van der Waals surface area contributed by atoms with Crippen LogP contribution in [-0.4, -0.2) is 36.9 Å². The second kappa shape index (κ2) is 5.08. The first-order valence-electron chi connectivity index (χ1n) is 3.78. The van der Waals surface area contributed by atoms with Gasteiger partial charge in [-0.2, -0.15) is 0 Å². The van der Waals surface area contributed by atoms with Crippen molar-refractivity contribution < 1.29 is 14.6 Å². The van der Waals surface area contributed by atoms with E-state index < -0.39 is 11.5 Å². The molecule has 5 N–H and O–H groups in total. The minimum atomic E-state index is -1.28. The van der Waals surface area contributed by atoms with Gasteiger partial charge >= 0.3 is 5.97 Å². The summed E-state index contributed by atoms with van der Waals surface area (Å²) in [6.07, 6.45) is 0.929. The third-order valence-corrected chi connectivity index (χ3v) is 1.65. The quantitative estimate of drug-likeness (QED) is 0.490. The molecule has 0 rings (SSSR count). The maximum Gasteiger partial charge on any atom is 0.326 e. The van der Waals surface area contributed by atoms with Crippen molar-refractivity contribution >= 4 is 5.97 Å². The van der Waals surface area contributed by atoms with E-state index in [1.165, 1.54) is 7.11 Å². The predicted molar refractivity (Wildman–Crippen MR) is 44.7 cm³/mol. The van der Waals surface area contributed by atoms with Crippen LogP contribution in [0, 0.1) is 0 Å². The second-order valence-corrected chi connectivity index (χ2v) is 2.79. The van der Waals surface area contributed by atoms with E-state index in [0.717, 1.165) is 0 Å². The summed E-state index contributed by atoms with van der Waals surface area (Å²) in [7, 11) is 1.42. The molecule has 0 radical (unpaired) electrons. The van der Waals surface area contributed by atoms with Crippen molar-refractivity contribution in [2.45, 2.75) is 18.4 Å². The van der Waals surface area contributed by atoms with Gasteiger partial charge in [-0.1, -0.05) is 0 Å². The molecule has 0 fully saturated rings. The number of aliphatic carboxylic acids is 1. The summed E-state index contributed by atoms with van der Waals surface area (Å²) in [6, 6.07) is 0. The predicted octanol–water partition coefficient (Wildman–Crippen LogP) is -0.846. The highest BCUT2D eigenvalue weighted by Crippen LogP contribution is 2.09. The van der Waals surface area contributed by atoms with Gasteiger partial charge in [-0.15, -0.1) is 0 Å². The van der Waals surface area contributed by atoms with Gasteiger partial charge < -0.3 is 21.3 Å². The highest BCUT2D eigenvalue weighted by molar-refractivity contribution is 5.78. The molecule has 0 saturated carbocycles. The number of hydrogen-bond acceptors (Lipinski definition) is 4. The van der Waals surface area contributed by atoms with Crippen LogP contribution in [0.15, 0.2) is 0 Å². The van der Waals surface area contributed by atoms with E-state index in [4.69, 9.17) is 21.3 Å². The molecule has 5 nitrogen and oxygen atoms in total. The van der Waals surface area contributed by atoms with Gasteiger partial charge in [0.1, 0.15) is 5.54 Å². The largest absolute Gasteiger partial charge is 0.480 e. The third-order valence-electron chi connectivity index (χ3n) is 1.65. The monoisotopic (exact) mass is 176 g/mol. The van der Waals surface area contributed by atoms with Gasteiger partial charge in [0.15, 0.2) is 0 Å². The SMILES string of the molecule is COC[C@](N)(CCCN)C(=O)O. The van der Waals surface area contributed by atoms with Gasteiger partial charge in [0, 0.05) is 7.11 Å². The molecule has 0 aliphatic heterocycles. The summed E-state index contributed by atoms with van der Waals surface area (Å²) in [5, 5.41) is 8.74. The zero-order valence-electron chi connectivity index (χ0n) is 7.25. The Morgan fingerprint density at radius 1 is 1.67 bits per heavy atom. The van der Waals surface area contributed by atoms with Gasteiger partial charge in [-0.05, 0) is 19.4 Å². The highest BCUT2D eigenvalue weighted by atomic mass is 16.5. The molecule has 0 saturated heterocycles. The van der Waals surface area contributed by atoms with Crippen LogP contribution >= 0.6 is 0 Å². The Bertz CT molecular complexity index is 152. The molecule has 0 amide bonds. The van der Waals surface area contributed by atoms with E-state index in [1.54, 1.807) is 0 Å². The first-order chi connectivity index (χ1) is 5.56. The summed E-state index contributed by atoms with van der Waals surface area (Å²) >= 11 is 0. The zero-order chi connectivity index (χ0) is 9.61. The molecule has 0 aliphatic carbocycles. The second-order valence-electron chi connectivity index (χ2n) is 2.79. The molecule has 0 unspecified atom stereocenters. The lowest BCUT2D eigenvalue weighted by Crippen LogP contribution is -2.52. The maximum absolute atomic E-state index is 10.7. The van der Waals surface area contributed by atoms with Gasteiger partial charge in [-0.25, -0.2) is 0 Å². The molecule has 0 aliphatic rings. The van der Waals surface area contributed by atoms with E-state index in [-0.39, 0.29) is 6.61 Å². The van der Waals surface area contributed by atoms with E-state index in [1.807, 2.05) is 0 Å². The minimum absolute atomic E-state index is 0.0162. The van der Waals surface area contributed by atoms with Gasteiger partial charge in [0.25, 0.3) is 0 Å². The summed E-state index contributed by atoms with van der Waals surface area (Å²) in [5.41, 5.74) is 9.52. The Morgan fingerprint density at radius 2 is 2.25 bits per heavy atom. The average molecular weight is 176 g/mol. The maximum atomic E-state index is 10.7. The van der Waals surface area contributed by atoms with Crippen LogP contribution in [0.25, 0.3) is 0 Å². The lowest BCUT2D eigenvalue weighted by molar-refractivity contribution is -0.145. The first-order valence-corrected chi connectivity index (χ1v) is 3.78. The van der Waals surface area contributed by atoms with E-state index >= 15 is 0 Å². The molecular formula is C7H16N2O3. The third kappa shape index (κ3) is 3.17. The van der Waals surface area contributed by atoms with Crippen molar-refractivity contribution in [3.8, 4) is 0 Å². The lowest BCUT2D eigenvalue weighted by Gasteiger charge is -2.23. The van der Waals surface area contributed by atoms with Crippen molar-refractivity contribution in [2.75, 3.05) is 20.3 Å². The molecule has 0 aromatic heterocycles. The normalized spacial score (nSPS) is 15.6. The Hall–Kier alpha value is -0.650. The molecule has 0 aromatic rings. The topological polar surface area (TPSA) is 98.6 Å². The van der Waals surface area contributed by atoms with Crippen LogP contribution < -0.4 is 11.5 Å². The molecule has 0 heterocycles. The highest BCUT2D eigenvalue weighted by Gasteiger charge is 2.33. The molecule has 0 spiro atoms. The fraction of sp³-hybridized carbons (Fsp3) is 0.857. The molecule has 12 heavy (non-hydrogen) atoms. The Morgan fingerprint density at radius 3 is 2.58 bits per heavy atom. The summed E-state index contributed by atoms with van der Waals surface area (Å²) in [4.78, 5) is 10.7. The van der Waals surface area contributed by atoms with Crippen LogP contribution in [0.5, 0.6) is 0 Å². The zero-order valence-corrected chi connectivity index (χ0v) is 7.25. The van der Waals surface area contributed by atoms with E-state index in [2.05, 4.69) is 0 Å². The molecule has 5 heteroatoms. The fourth-order valence-electron chi connectivity index (χ4n) is 0.916. The first kappa shape index (κ1) is 11.4. The summed E-state index contributed by atoms with van der Waals surface area (Å²) in [5.74, 6) is -1.04. The minimum Gasteiger partial charge on any atom is -0.480 e. The number of carboxylic acid groups (broad SMARTS) is 1. The van der Waals surface area contributed by atoms with Crippen LogP contribution in [0.1, 0.15) is 12.8 Å². The number of nitrogens with two attached hydrogens (primary N) is 2. The number of ether oxygens (including phenoxy) is 1. The Kier molecular flexibility index (Phi) is 4.80. The average Bonchev–Trinajstić information content (AvgIpc) is 2.01. The fourth-order valence-corrected chi connectivity index (χ4v) is 0.916. The molecule has 1 atom stereocenters. The van der Waals surface area contributed by atoms with Gasteiger partial charge in [-0.3, -0.25) is 4.79 Å². The molecule has 0 bridgehead atoms. The van der Waals surface area contributed by atoms with Crippen LogP contribution in [0.4, 0.5) is 0 Å². The van der Waals surface area contributed by atoms with Crippen molar-refractivity contribution in [2.24, 2.45) is 11.5 Å². The van der Waals surface area contributed by atoms with Crippen molar-refractivity contribution in [1.29, 1.82) is 0 Å². The number of rotatable bonds is 6. The molecular weight excluding hydrogens is 160 g/mol.